The molecule has 2 aliphatic heterocycles. The highest BCUT2D eigenvalue weighted by Gasteiger charge is 2.76. The first-order chi connectivity index (χ1) is 45.3. The number of hydrogen-bond donors (Lipinski definition) is 15. The van der Waals surface area contributed by atoms with Gasteiger partial charge in [-0.05, 0) is 131 Å². The van der Waals surface area contributed by atoms with E-state index in [0.29, 0.717) is 67.6 Å². The first-order valence-electron chi connectivity index (χ1n) is 33.5. The highest BCUT2D eigenvalue weighted by molar-refractivity contribution is 6.01. The van der Waals surface area contributed by atoms with Gasteiger partial charge in [0.15, 0.2) is 30.5 Å². The average molecular weight is 1340 g/mol. The molecule has 5 fully saturated rings. The molecule has 0 aromatic heterocycles. The summed E-state index contributed by atoms with van der Waals surface area (Å²) in [5.74, 6) is 2.38. The number of unbranched alkanes of at least 4 members (excludes halogenated alkanes) is 1. The van der Waals surface area contributed by atoms with Crippen LogP contribution in [0, 0.1) is 34.5 Å². The van der Waals surface area contributed by atoms with Crippen molar-refractivity contribution < 1.29 is 92.3 Å². The number of amides is 6. The molecule has 18 atom stereocenters. The van der Waals surface area contributed by atoms with Crippen LogP contribution in [0.5, 0.6) is 0 Å². The molecule has 18 N–H and O–H groups in total. The number of Topliss-reactive ketones (excluding diaryl/α,β-unsaturated/α-hetero) is 1. The summed E-state index contributed by atoms with van der Waals surface area (Å²) in [6.07, 6.45) is 2.44. The molecule has 29 heteroatoms. The van der Waals surface area contributed by atoms with Crippen molar-refractivity contribution in [1.82, 2.24) is 32.0 Å². The van der Waals surface area contributed by atoms with E-state index in [4.69, 9.17) is 45.7 Å². The van der Waals surface area contributed by atoms with Crippen LogP contribution in [0.1, 0.15) is 143 Å². The number of anilines is 1. The smallest absolute Gasteiger partial charge is 0.429 e. The van der Waals surface area contributed by atoms with Crippen LogP contribution in [0.15, 0.2) is 59.5 Å². The fourth-order valence-electron chi connectivity index (χ4n) is 15.4. The van der Waals surface area contributed by atoms with Crippen LogP contribution >= 0.6 is 0 Å². The van der Waals surface area contributed by atoms with Gasteiger partial charge >= 0.3 is 12.2 Å². The topological polar surface area (TPSA) is 455 Å². The molecule has 8 rings (SSSR count). The number of rotatable bonds is 30. The number of carbonyl (C=O) groups excluding carboxylic acids is 8. The Balaban J connectivity index is 0.784. The van der Waals surface area contributed by atoms with E-state index in [1.54, 1.807) is 50.3 Å². The number of ketones is 2. The summed E-state index contributed by atoms with van der Waals surface area (Å²) in [7, 11) is 0. The molecule has 528 valence electrons. The largest absolute Gasteiger partial charge is 0.509 e. The van der Waals surface area contributed by atoms with Crippen LogP contribution in [0.3, 0.4) is 0 Å². The van der Waals surface area contributed by atoms with E-state index in [1.165, 1.54) is 0 Å². The fourth-order valence-corrected chi connectivity index (χ4v) is 15.4. The summed E-state index contributed by atoms with van der Waals surface area (Å²) in [5.41, 5.74) is 14.1. The molecule has 2 heterocycles. The Morgan fingerprint density at radius 2 is 1.58 bits per heavy atom. The maximum absolute atomic E-state index is 14.7. The van der Waals surface area contributed by atoms with Gasteiger partial charge in [-0.25, -0.2) is 9.59 Å². The summed E-state index contributed by atoms with van der Waals surface area (Å²) in [6, 6.07) is 2.21. The maximum atomic E-state index is 14.7. The Labute approximate surface area is 553 Å². The highest BCUT2D eigenvalue weighted by Crippen LogP contribution is 2.70. The lowest BCUT2D eigenvalue weighted by Gasteiger charge is -2.59. The van der Waals surface area contributed by atoms with Gasteiger partial charge in [0, 0.05) is 41.2 Å². The fraction of sp³-hybridized carbons (Fsp3) is 0.697. The van der Waals surface area contributed by atoms with Crippen LogP contribution in [0.4, 0.5) is 15.3 Å². The van der Waals surface area contributed by atoms with Gasteiger partial charge < -0.3 is 103 Å². The molecule has 5 aliphatic carbocycles. The Kier molecular flexibility index (Phi) is 25.8. The number of carbonyl (C=O) groups is 8. The van der Waals surface area contributed by atoms with Crippen molar-refractivity contribution in [3.63, 3.8) is 0 Å². The summed E-state index contributed by atoms with van der Waals surface area (Å²) < 4.78 is 35.8. The molecule has 2 unspecified atom stereocenters. The second-order valence-corrected chi connectivity index (χ2v) is 27.1. The van der Waals surface area contributed by atoms with Crippen molar-refractivity contribution in [3.05, 3.63) is 65.0 Å². The maximum Gasteiger partial charge on any atom is 0.509 e. The number of fused-ring (bicyclic) bond motifs is 7. The van der Waals surface area contributed by atoms with E-state index in [1.807, 2.05) is 19.9 Å². The van der Waals surface area contributed by atoms with Gasteiger partial charge in [-0.15, -0.1) is 0 Å². The van der Waals surface area contributed by atoms with E-state index in [-0.39, 0.29) is 75.5 Å². The molecule has 1 aromatic carbocycles. The lowest BCUT2D eigenvalue weighted by molar-refractivity contribution is -0.234. The number of urea groups is 1. The Morgan fingerprint density at radius 3 is 2.28 bits per heavy atom. The minimum Gasteiger partial charge on any atom is -0.429 e. The molecule has 0 spiro atoms. The molecule has 0 radical (unpaired) electrons. The minimum atomic E-state index is -1.59. The lowest BCUT2D eigenvalue weighted by Crippen LogP contribution is -2.63. The number of nitrogens with two attached hydrogens (primary N) is 3. The standard InChI is InChI=1S/C66H100N10O19/c1-6-13-51-94-49-29-41-40-23-20-37-28-39(78)24-25-64(37,4)52(40)45(79)30-65(41,5)66(49,95-51)48(80)33-92-63(89)91-32-36-18-21-38(22-19-36)72-59(86)44(16-12-27-71-62(68)88)73-60(87)53(35(2)3)75-58(85)42(67)14-10-11-26-70-50(81)34-90-46-17-9-7-8-15-43(54(46)76-69)74-61-57(84)56(83)55(82)47(31-77)93-61/h18-19,21-22,24-25,28,35,40-42,44-47,49,51-53,55-57,61,74,76-77,79,82-84H,6-17,20,23,26-27,29-34,67,69H2,1-5H3,(H,70,81)(H,72,86)(H,73,87)(H,75,85)(H3,68,71,88)/b54-43-/t40-,41-,42+,44-,45-,46?,47+,49+,51?,52+,53-,55-,56-,57+,61+,64-,65-,66+/m0/s1. The highest BCUT2D eigenvalue weighted by atomic mass is 16.8. The van der Waals surface area contributed by atoms with Crippen molar-refractivity contribution in [3.8, 4) is 0 Å². The third-order valence-electron chi connectivity index (χ3n) is 20.4. The number of aliphatic hydroxyl groups excluding tert-OH is 5. The molecule has 3 saturated carbocycles. The van der Waals surface area contributed by atoms with Crippen molar-refractivity contribution >= 4 is 53.1 Å². The molecule has 1 aromatic rings. The Morgan fingerprint density at radius 1 is 0.832 bits per heavy atom. The van der Waals surface area contributed by atoms with Crippen LogP contribution in [-0.4, -0.2) is 185 Å². The second kappa shape index (κ2) is 33.1. The summed E-state index contributed by atoms with van der Waals surface area (Å²) >= 11 is 0. The van der Waals surface area contributed by atoms with Crippen molar-refractivity contribution in [2.24, 2.45) is 51.8 Å². The third-order valence-corrected chi connectivity index (χ3v) is 20.4. The predicted molar refractivity (Wildman–Crippen MR) is 341 cm³/mol. The molecule has 7 aliphatic rings. The van der Waals surface area contributed by atoms with Crippen molar-refractivity contribution in [1.29, 1.82) is 0 Å². The van der Waals surface area contributed by atoms with Crippen LogP contribution in [-0.2, 0) is 63.8 Å². The monoisotopic (exact) mass is 1340 g/mol. The number of aliphatic hydroxyl groups is 5. The van der Waals surface area contributed by atoms with Crippen LogP contribution in [0.2, 0.25) is 0 Å². The number of hydrazine groups is 1. The van der Waals surface area contributed by atoms with E-state index in [2.05, 4.69) is 44.3 Å². The number of ether oxygens (including phenoxy) is 6. The van der Waals surface area contributed by atoms with Crippen molar-refractivity contribution in [2.45, 2.75) is 223 Å². The Bertz CT molecular complexity index is 2990. The molecule has 2 saturated heterocycles. The van der Waals surface area contributed by atoms with E-state index >= 15 is 0 Å². The van der Waals surface area contributed by atoms with Crippen LogP contribution in [0.25, 0.3) is 0 Å². The van der Waals surface area contributed by atoms with Gasteiger partial charge in [-0.1, -0.05) is 77.7 Å². The summed E-state index contributed by atoms with van der Waals surface area (Å²) in [6.45, 7) is 7.96. The molecule has 29 nitrogen and oxygen atoms in total. The van der Waals surface area contributed by atoms with Crippen LogP contribution < -0.4 is 54.6 Å². The molecular weight excluding hydrogens is 1240 g/mol. The number of allylic oxidation sites excluding steroid dienone is 5. The van der Waals surface area contributed by atoms with Gasteiger partial charge in [0.25, 0.3) is 0 Å². The third kappa shape index (κ3) is 17.2. The summed E-state index contributed by atoms with van der Waals surface area (Å²) in [5, 5.41) is 69.5. The SMILES string of the molecule is CCCC1O[C@@H]2C[C@H]3[C@@H]4CCC5=CC(=O)C=C[C@]5(C)[C@H]4[C@@H](O)C[C@]3(C)[C@]2(C(=O)COC(=O)OCc2ccc(NC(=O)[C@H](CCCNC(N)=O)NC(=O)[C@@H](NC(=O)[C@H](N)CCCCNC(=O)COC3CCCCC/C(N[C@@H]4O[C@H](CO)[C@H](O)[C@H](O)[C@H]4O)=C\3NN)C(C)C)cc2)O1. The van der Waals surface area contributed by atoms with Crippen molar-refractivity contribution in [2.75, 3.05) is 38.2 Å². The first kappa shape index (κ1) is 74.2. The lowest BCUT2D eigenvalue weighted by atomic mass is 9.46. The van der Waals surface area contributed by atoms with Gasteiger partial charge in [0.05, 0.1) is 30.6 Å². The van der Waals surface area contributed by atoms with E-state index in [0.717, 1.165) is 37.7 Å². The molecular formula is C66H100N10O19. The molecule has 0 bridgehead atoms. The van der Waals surface area contributed by atoms with Gasteiger partial charge in [0.1, 0.15) is 55.8 Å². The quantitative estimate of drug-likeness (QED) is 0.0222. The zero-order chi connectivity index (χ0) is 68.9. The van der Waals surface area contributed by atoms with Gasteiger partial charge in [0.2, 0.25) is 29.4 Å². The predicted octanol–water partition coefficient (Wildman–Crippen LogP) is 1.12. The zero-order valence-electron chi connectivity index (χ0n) is 55.0. The zero-order valence-corrected chi connectivity index (χ0v) is 55.0. The Hall–Kier alpha value is -6.64. The van der Waals surface area contributed by atoms with E-state index < -0.39 is 151 Å². The number of nitrogens with one attached hydrogen (secondary N) is 7. The molecule has 6 amide bonds. The number of primary amides is 1. The number of benzene rings is 1. The minimum absolute atomic E-state index is 0.00225. The van der Waals surface area contributed by atoms with Gasteiger partial charge in [-0.3, -0.25) is 34.6 Å². The first-order valence-corrected chi connectivity index (χ1v) is 33.5. The average Bonchev–Trinajstić information content (AvgIpc) is 1.54. The van der Waals surface area contributed by atoms with Gasteiger partial charge in [-0.2, -0.15) is 0 Å². The molecule has 95 heavy (non-hydrogen) atoms. The summed E-state index contributed by atoms with van der Waals surface area (Å²) in [4.78, 5) is 106. The number of hydrogen-bond acceptors (Lipinski definition) is 23. The second-order valence-electron chi connectivity index (χ2n) is 27.1. The van der Waals surface area contributed by atoms with E-state index in [9.17, 15) is 63.9 Å². The normalized spacial score (nSPS) is 32.6.